The normalized spacial score (nSPS) is 22.8. The van der Waals surface area contributed by atoms with E-state index in [-0.39, 0.29) is 17.7 Å². The number of hydrogen-bond donors (Lipinski definition) is 4. The van der Waals surface area contributed by atoms with Crippen LogP contribution in [0.2, 0.25) is 0 Å². The number of carbonyl (C=O) groups is 3. The van der Waals surface area contributed by atoms with Crippen molar-refractivity contribution in [2.75, 3.05) is 13.6 Å². The van der Waals surface area contributed by atoms with Crippen LogP contribution in [0.1, 0.15) is 58.8 Å². The van der Waals surface area contributed by atoms with Crippen LogP contribution in [0, 0.1) is 5.92 Å². The van der Waals surface area contributed by atoms with E-state index in [0.29, 0.717) is 19.4 Å². The van der Waals surface area contributed by atoms with Crippen molar-refractivity contribution in [2.24, 2.45) is 11.7 Å². The number of nitrogens with two attached hydrogens (primary N) is 1. The summed E-state index contributed by atoms with van der Waals surface area (Å²) in [5.74, 6) is -1.52. The Kier molecular flexibility index (Phi) is 8.48. The van der Waals surface area contributed by atoms with Gasteiger partial charge in [0.2, 0.25) is 17.7 Å². The summed E-state index contributed by atoms with van der Waals surface area (Å²) in [6, 6.07) is -2.16. The fourth-order valence-corrected chi connectivity index (χ4v) is 4.12. The van der Waals surface area contributed by atoms with E-state index in [4.69, 9.17) is 5.73 Å². The average molecular weight is 410 g/mol. The maximum Gasteiger partial charge on any atom is 0.475 e. The lowest BCUT2D eigenvalue weighted by Gasteiger charge is -2.42. The topological polar surface area (TPSA) is 136 Å². The molecule has 10 heteroatoms. The molecule has 29 heavy (non-hydrogen) atoms. The molecular formula is C19H35BN4O5. The van der Waals surface area contributed by atoms with Crippen LogP contribution in [0.4, 0.5) is 0 Å². The smallest absolute Gasteiger partial charge is 0.426 e. The molecule has 2 aliphatic rings. The van der Waals surface area contributed by atoms with E-state index >= 15 is 0 Å². The summed E-state index contributed by atoms with van der Waals surface area (Å²) < 4.78 is 0. The first kappa shape index (κ1) is 23.6. The van der Waals surface area contributed by atoms with Crippen molar-refractivity contribution in [3.05, 3.63) is 0 Å². The molecule has 1 saturated carbocycles. The minimum absolute atomic E-state index is 0.146. The van der Waals surface area contributed by atoms with E-state index in [0.717, 1.165) is 25.7 Å². The lowest BCUT2D eigenvalue weighted by atomic mass is 9.71. The molecule has 1 heterocycles. The van der Waals surface area contributed by atoms with Crippen LogP contribution in [0.15, 0.2) is 0 Å². The lowest BCUT2D eigenvalue weighted by molar-refractivity contribution is -0.144. The van der Waals surface area contributed by atoms with Gasteiger partial charge in [-0.15, -0.1) is 0 Å². The number of carbonyl (C=O) groups excluding carboxylic acids is 3. The maximum atomic E-state index is 12.7. The van der Waals surface area contributed by atoms with Crippen molar-refractivity contribution in [3.8, 4) is 0 Å². The van der Waals surface area contributed by atoms with Gasteiger partial charge in [-0.2, -0.15) is 0 Å². The molecule has 0 bridgehead atoms. The molecule has 9 nitrogen and oxygen atoms in total. The van der Waals surface area contributed by atoms with Crippen molar-refractivity contribution in [2.45, 2.75) is 82.9 Å². The van der Waals surface area contributed by atoms with Crippen molar-refractivity contribution < 1.29 is 24.4 Å². The van der Waals surface area contributed by atoms with Gasteiger partial charge in [0.25, 0.3) is 0 Å². The number of likely N-dealkylation sites (tertiary alicyclic amines) is 1. The summed E-state index contributed by atoms with van der Waals surface area (Å²) in [4.78, 5) is 40.8. The average Bonchev–Trinajstić information content (AvgIpc) is 2.68. The molecule has 5 N–H and O–H groups in total. The monoisotopic (exact) mass is 410 g/mol. The van der Waals surface area contributed by atoms with E-state index in [1.165, 1.54) is 16.2 Å². The van der Waals surface area contributed by atoms with Gasteiger partial charge in [-0.05, 0) is 38.5 Å². The van der Waals surface area contributed by atoms with E-state index in [2.05, 4.69) is 5.32 Å². The molecule has 0 aromatic rings. The molecule has 164 valence electrons. The highest BCUT2D eigenvalue weighted by Crippen LogP contribution is 2.26. The van der Waals surface area contributed by atoms with Crippen molar-refractivity contribution >= 4 is 24.8 Å². The number of nitrogens with one attached hydrogen (secondary N) is 1. The van der Waals surface area contributed by atoms with Crippen LogP contribution in [-0.4, -0.2) is 82.3 Å². The van der Waals surface area contributed by atoms with Gasteiger partial charge in [0.15, 0.2) is 0 Å². The molecule has 0 radical (unpaired) electrons. The maximum absolute atomic E-state index is 12.7. The SMILES string of the molecule is CC[C@H](NC(=O)[C@H](C)N(C)C(=O)[C@@H](N)C1CCCCC1)C(=O)N1CC[C@H]1B(O)O. The van der Waals surface area contributed by atoms with Crippen LogP contribution < -0.4 is 11.1 Å². The number of hydrogen-bond acceptors (Lipinski definition) is 6. The van der Waals surface area contributed by atoms with Crippen molar-refractivity contribution in [1.29, 1.82) is 0 Å². The van der Waals surface area contributed by atoms with Crippen LogP contribution in [0.5, 0.6) is 0 Å². The fourth-order valence-electron chi connectivity index (χ4n) is 4.12. The summed E-state index contributed by atoms with van der Waals surface area (Å²) in [6.07, 6.45) is 6.06. The first-order chi connectivity index (χ1) is 13.7. The highest BCUT2D eigenvalue weighted by atomic mass is 16.4. The second-order valence-electron chi connectivity index (χ2n) is 8.32. The molecule has 1 aliphatic heterocycles. The standard InChI is InChI=1S/C19H35BN4O5/c1-4-14(18(26)24-11-10-15(24)20(28)29)22-17(25)12(2)23(3)19(27)16(21)13-8-6-5-7-9-13/h12-16,28-29H,4-11,21H2,1-3H3,(H,22,25)/t12-,14-,15-,16-/m0/s1. The minimum Gasteiger partial charge on any atom is -0.426 e. The third-order valence-corrected chi connectivity index (χ3v) is 6.47. The number of nitrogens with zero attached hydrogens (tertiary/aromatic N) is 2. The van der Waals surface area contributed by atoms with Crippen LogP contribution >= 0.6 is 0 Å². The zero-order chi connectivity index (χ0) is 21.7. The lowest BCUT2D eigenvalue weighted by Crippen LogP contribution is -2.63. The summed E-state index contributed by atoms with van der Waals surface area (Å²) in [7, 11) is -0.0316. The van der Waals surface area contributed by atoms with Gasteiger partial charge < -0.3 is 30.9 Å². The van der Waals surface area contributed by atoms with Crippen molar-refractivity contribution in [3.63, 3.8) is 0 Å². The van der Waals surface area contributed by atoms with Gasteiger partial charge in [-0.3, -0.25) is 14.4 Å². The Hall–Kier alpha value is -1.65. The van der Waals surface area contributed by atoms with Gasteiger partial charge in [0.05, 0.1) is 12.0 Å². The van der Waals surface area contributed by atoms with E-state index in [1.807, 2.05) is 0 Å². The first-order valence-electron chi connectivity index (χ1n) is 10.7. The third kappa shape index (κ3) is 5.49. The van der Waals surface area contributed by atoms with Crippen LogP contribution in [-0.2, 0) is 14.4 Å². The van der Waals surface area contributed by atoms with E-state index in [9.17, 15) is 24.4 Å². The molecule has 0 aromatic heterocycles. The Balaban J connectivity index is 1.93. The molecule has 0 spiro atoms. The summed E-state index contributed by atoms with van der Waals surface area (Å²) in [5.41, 5.74) is 6.18. The van der Waals surface area contributed by atoms with Gasteiger partial charge >= 0.3 is 7.12 Å². The van der Waals surface area contributed by atoms with Crippen molar-refractivity contribution in [1.82, 2.24) is 15.1 Å². The second kappa shape index (κ2) is 10.4. The van der Waals surface area contributed by atoms with Gasteiger partial charge in [-0.25, -0.2) is 0 Å². The predicted molar refractivity (Wildman–Crippen MR) is 109 cm³/mol. The first-order valence-corrected chi connectivity index (χ1v) is 10.7. The molecule has 2 rings (SSSR count). The molecule has 2 fully saturated rings. The number of amides is 3. The molecule has 3 amide bonds. The zero-order valence-corrected chi connectivity index (χ0v) is 17.7. The largest absolute Gasteiger partial charge is 0.475 e. The predicted octanol–water partition coefficient (Wildman–Crippen LogP) is -0.751. The molecule has 1 saturated heterocycles. The Morgan fingerprint density at radius 2 is 1.83 bits per heavy atom. The fraction of sp³-hybridized carbons (Fsp3) is 0.842. The summed E-state index contributed by atoms with van der Waals surface area (Å²) >= 11 is 0. The Bertz CT molecular complexity index is 599. The zero-order valence-electron chi connectivity index (χ0n) is 17.7. The van der Waals surface area contributed by atoms with Gasteiger partial charge in [0.1, 0.15) is 12.1 Å². The Morgan fingerprint density at radius 3 is 2.31 bits per heavy atom. The molecule has 1 aliphatic carbocycles. The van der Waals surface area contributed by atoms with Gasteiger partial charge in [-0.1, -0.05) is 26.2 Å². The molecule has 4 atom stereocenters. The van der Waals surface area contributed by atoms with E-state index in [1.54, 1.807) is 20.9 Å². The summed E-state index contributed by atoms with van der Waals surface area (Å²) in [6.45, 7) is 3.81. The molecular weight excluding hydrogens is 375 g/mol. The van der Waals surface area contributed by atoms with Crippen LogP contribution in [0.25, 0.3) is 0 Å². The minimum atomic E-state index is -1.59. The summed E-state index contributed by atoms with van der Waals surface area (Å²) in [5, 5.41) is 21.4. The number of rotatable bonds is 8. The molecule has 0 aromatic carbocycles. The second-order valence-corrected chi connectivity index (χ2v) is 8.32. The highest BCUT2D eigenvalue weighted by Gasteiger charge is 2.42. The molecule has 0 unspecified atom stereocenters. The van der Waals surface area contributed by atoms with Gasteiger partial charge in [0, 0.05) is 13.6 Å². The van der Waals surface area contributed by atoms with E-state index < -0.39 is 37.1 Å². The Morgan fingerprint density at radius 1 is 1.21 bits per heavy atom. The third-order valence-electron chi connectivity index (χ3n) is 6.47. The highest BCUT2D eigenvalue weighted by molar-refractivity contribution is 6.44. The Labute approximate surface area is 173 Å². The number of likely N-dealkylation sites (N-methyl/N-ethyl adjacent to an activating group) is 1. The quantitative estimate of drug-likeness (QED) is 0.389. The van der Waals surface area contributed by atoms with Crippen LogP contribution in [0.3, 0.4) is 0 Å².